The van der Waals surface area contributed by atoms with E-state index in [9.17, 15) is 14.0 Å². The molecule has 116 valence electrons. The number of esters is 1. The van der Waals surface area contributed by atoms with E-state index in [1.807, 2.05) is 0 Å². The zero-order valence-corrected chi connectivity index (χ0v) is 12.6. The number of carbonyl (C=O) groups is 1. The minimum Gasteiger partial charge on any atom is -0.461 e. The Balaban J connectivity index is 2.25. The predicted octanol–water partition coefficient (Wildman–Crippen LogP) is 2.89. The summed E-state index contributed by atoms with van der Waals surface area (Å²) in [5.74, 6) is -1.17. The lowest BCUT2D eigenvalue weighted by Crippen LogP contribution is -2.32. The van der Waals surface area contributed by atoms with Gasteiger partial charge in [-0.1, -0.05) is 16.8 Å². The number of carbonyl (C=O) groups excluding carboxylic acids is 2. The second kappa shape index (κ2) is 6.25. The molecule has 0 aliphatic carbocycles. The third kappa shape index (κ3) is 3.50. The summed E-state index contributed by atoms with van der Waals surface area (Å²) in [6.07, 6.45) is 1.58. The zero-order chi connectivity index (χ0) is 16.3. The van der Waals surface area contributed by atoms with Crippen molar-refractivity contribution in [3.8, 4) is 0 Å². The summed E-state index contributed by atoms with van der Waals surface area (Å²) in [5, 5.41) is 4.02. The van der Waals surface area contributed by atoms with Crippen LogP contribution < -0.4 is 0 Å². The van der Waals surface area contributed by atoms with Gasteiger partial charge in [0.05, 0.1) is 10.7 Å². The molecule has 1 heterocycles. The molecule has 8 heteroatoms. The van der Waals surface area contributed by atoms with Gasteiger partial charge in [0.25, 0.3) is 0 Å². The first-order chi connectivity index (χ1) is 10.3. The van der Waals surface area contributed by atoms with E-state index < -0.39 is 17.4 Å². The molecule has 2 rings (SSSR count). The van der Waals surface area contributed by atoms with Crippen molar-refractivity contribution in [2.24, 2.45) is 10.1 Å². The first-order valence-electron chi connectivity index (χ1n) is 6.30. The molecule has 0 saturated heterocycles. The monoisotopic (exact) mass is 326 g/mol. The normalized spacial score (nSPS) is 19.9. The number of hydrogen-bond acceptors (Lipinski definition) is 6. The molecule has 1 aliphatic rings. The summed E-state index contributed by atoms with van der Waals surface area (Å²) in [6.45, 7) is 3.03. The smallest absolute Gasteiger partial charge is 0.302 e. The van der Waals surface area contributed by atoms with E-state index in [1.54, 1.807) is 6.92 Å². The van der Waals surface area contributed by atoms with Crippen molar-refractivity contribution in [3.05, 3.63) is 28.5 Å². The van der Waals surface area contributed by atoms with Crippen molar-refractivity contribution in [1.29, 1.82) is 0 Å². The molecule has 6 nitrogen and oxygen atoms in total. The maximum atomic E-state index is 13.6. The highest BCUT2D eigenvalue weighted by molar-refractivity contribution is 6.34. The van der Waals surface area contributed by atoms with Crippen LogP contribution in [0.4, 0.5) is 10.1 Å². The molecule has 0 bridgehead atoms. The molecule has 1 aliphatic heterocycles. The van der Waals surface area contributed by atoms with Gasteiger partial charge in [-0.2, -0.15) is 4.99 Å². The van der Waals surface area contributed by atoms with Gasteiger partial charge in [0.15, 0.2) is 11.4 Å². The van der Waals surface area contributed by atoms with Crippen LogP contribution in [0.15, 0.2) is 22.3 Å². The Bertz CT molecular complexity index is 700. The summed E-state index contributed by atoms with van der Waals surface area (Å²) in [7, 11) is 0. The van der Waals surface area contributed by atoms with Crippen LogP contribution in [0.2, 0.25) is 5.02 Å². The largest absolute Gasteiger partial charge is 0.461 e. The molecule has 1 aromatic rings. The molecule has 0 N–H and O–H groups in total. The Morgan fingerprint density at radius 1 is 1.64 bits per heavy atom. The maximum Gasteiger partial charge on any atom is 0.302 e. The topological polar surface area (TPSA) is 77.3 Å². The van der Waals surface area contributed by atoms with Gasteiger partial charge in [-0.05, 0) is 19.1 Å². The van der Waals surface area contributed by atoms with E-state index >= 15 is 0 Å². The molecule has 22 heavy (non-hydrogen) atoms. The summed E-state index contributed by atoms with van der Waals surface area (Å²) < 4.78 is 18.5. The highest BCUT2D eigenvalue weighted by Gasteiger charge is 2.37. The van der Waals surface area contributed by atoms with E-state index in [-0.39, 0.29) is 17.3 Å². The van der Waals surface area contributed by atoms with Gasteiger partial charge in [-0.3, -0.25) is 4.79 Å². The van der Waals surface area contributed by atoms with Crippen LogP contribution in [0.3, 0.4) is 0 Å². The van der Waals surface area contributed by atoms with Gasteiger partial charge in [0.2, 0.25) is 6.08 Å². The number of hydrogen-bond donors (Lipinski definition) is 0. The van der Waals surface area contributed by atoms with E-state index in [1.165, 1.54) is 19.1 Å². The summed E-state index contributed by atoms with van der Waals surface area (Å²) in [5.41, 5.74) is -0.177. The number of isocyanates is 1. The fourth-order valence-electron chi connectivity index (χ4n) is 1.95. The van der Waals surface area contributed by atoms with Crippen LogP contribution in [0.25, 0.3) is 0 Å². The quantitative estimate of drug-likeness (QED) is 0.484. The Morgan fingerprint density at radius 3 is 3.00 bits per heavy atom. The average Bonchev–Trinajstić information content (AvgIpc) is 2.83. The van der Waals surface area contributed by atoms with Crippen LogP contribution in [0.5, 0.6) is 0 Å². The van der Waals surface area contributed by atoms with Crippen molar-refractivity contribution in [3.63, 3.8) is 0 Å². The predicted molar refractivity (Wildman–Crippen MR) is 76.5 cm³/mol. The molecule has 1 aromatic carbocycles. The molecule has 1 atom stereocenters. The van der Waals surface area contributed by atoms with E-state index in [0.29, 0.717) is 17.7 Å². The molecule has 0 radical (unpaired) electrons. The third-order valence-corrected chi connectivity index (χ3v) is 3.32. The number of benzene rings is 1. The second-order valence-corrected chi connectivity index (χ2v) is 5.43. The summed E-state index contributed by atoms with van der Waals surface area (Å²) >= 11 is 6.00. The maximum absolute atomic E-state index is 13.6. The van der Waals surface area contributed by atoms with Gasteiger partial charge in [0, 0.05) is 18.9 Å². The fraction of sp³-hybridized carbons (Fsp3) is 0.357. The number of aliphatic imine (C=N–C) groups is 1. The highest BCUT2D eigenvalue weighted by atomic mass is 35.5. The Hall–Kier alpha value is -2.24. The van der Waals surface area contributed by atoms with Gasteiger partial charge in [0.1, 0.15) is 12.3 Å². The number of rotatable bonds is 4. The molecule has 0 aromatic heterocycles. The lowest BCUT2D eigenvalue weighted by molar-refractivity contribution is -0.149. The van der Waals surface area contributed by atoms with Gasteiger partial charge < -0.3 is 9.57 Å². The lowest BCUT2D eigenvalue weighted by Gasteiger charge is -2.20. The molecule has 0 spiro atoms. The van der Waals surface area contributed by atoms with Crippen molar-refractivity contribution in [2.45, 2.75) is 25.9 Å². The van der Waals surface area contributed by atoms with Crippen LogP contribution in [-0.2, 0) is 19.2 Å². The molecular formula is C14H12ClFN2O4. The van der Waals surface area contributed by atoms with Crippen molar-refractivity contribution < 1.29 is 23.6 Å². The van der Waals surface area contributed by atoms with Gasteiger partial charge >= 0.3 is 5.97 Å². The van der Waals surface area contributed by atoms with Gasteiger partial charge in [-0.25, -0.2) is 9.18 Å². The Morgan fingerprint density at radius 2 is 2.36 bits per heavy atom. The molecule has 0 amide bonds. The minimum atomic E-state index is -0.827. The number of oxime groups is 1. The zero-order valence-electron chi connectivity index (χ0n) is 11.9. The number of ether oxygens (including phenoxy) is 1. The van der Waals surface area contributed by atoms with Crippen LogP contribution in [-0.4, -0.2) is 30.0 Å². The number of halogens is 2. The molecule has 0 fully saturated rings. The number of nitrogens with zero attached hydrogens (tertiary/aromatic N) is 2. The van der Waals surface area contributed by atoms with Gasteiger partial charge in [-0.15, -0.1) is 0 Å². The van der Waals surface area contributed by atoms with E-state index in [0.717, 1.165) is 6.07 Å². The molecular weight excluding hydrogens is 315 g/mol. The first kappa shape index (κ1) is 16.1. The van der Waals surface area contributed by atoms with Crippen molar-refractivity contribution in [2.75, 3.05) is 6.61 Å². The SMILES string of the molecule is CC(=O)OCC1(C)CC(c2cc(N=C=O)c(F)cc2Cl)=NO1. The summed E-state index contributed by atoms with van der Waals surface area (Å²) in [6, 6.07) is 2.33. The molecule has 0 saturated carbocycles. The summed E-state index contributed by atoms with van der Waals surface area (Å²) in [4.78, 5) is 29.7. The van der Waals surface area contributed by atoms with E-state index in [4.69, 9.17) is 21.2 Å². The minimum absolute atomic E-state index is 0.0213. The Kier molecular flexibility index (Phi) is 4.59. The van der Waals surface area contributed by atoms with Crippen LogP contribution in [0, 0.1) is 5.82 Å². The first-order valence-corrected chi connectivity index (χ1v) is 6.68. The van der Waals surface area contributed by atoms with Crippen LogP contribution in [0.1, 0.15) is 25.8 Å². The lowest BCUT2D eigenvalue weighted by atomic mass is 9.96. The second-order valence-electron chi connectivity index (χ2n) is 5.02. The highest BCUT2D eigenvalue weighted by Crippen LogP contribution is 2.33. The average molecular weight is 327 g/mol. The Labute approximate surface area is 130 Å². The standard InChI is InChI=1S/C14H12ClFN2O4/c1-8(20)21-6-14(2)5-13(18-22-14)9-3-12(17-7-19)11(16)4-10(9)15/h3-4H,5-6H2,1-2H3. The van der Waals surface area contributed by atoms with E-state index in [2.05, 4.69) is 10.1 Å². The molecule has 1 unspecified atom stereocenters. The van der Waals surface area contributed by atoms with Crippen molar-refractivity contribution in [1.82, 2.24) is 0 Å². The fourth-order valence-corrected chi connectivity index (χ4v) is 2.21. The third-order valence-electron chi connectivity index (χ3n) is 3.01. The van der Waals surface area contributed by atoms with Crippen molar-refractivity contribution >= 4 is 35.0 Å². The van der Waals surface area contributed by atoms with Crippen LogP contribution >= 0.6 is 11.6 Å².